The molecule has 0 bridgehead atoms. The van der Waals surface area contributed by atoms with E-state index >= 15 is 0 Å². The minimum atomic E-state index is 0.160. The molecule has 0 spiro atoms. The Morgan fingerprint density at radius 2 is 2.32 bits per heavy atom. The predicted molar refractivity (Wildman–Crippen MR) is 70.1 cm³/mol. The molecule has 0 aliphatic heterocycles. The van der Waals surface area contributed by atoms with Crippen LogP contribution in [0, 0.1) is 6.92 Å². The van der Waals surface area contributed by atoms with Crippen molar-refractivity contribution in [2.75, 3.05) is 0 Å². The topological polar surface area (TPSA) is 68.9 Å². The SMILES string of the molecule is Cc1nocc1CSc1ncc2c(n1)CCCC2=O. The number of hydrogen-bond donors (Lipinski definition) is 0. The van der Waals surface area contributed by atoms with Crippen LogP contribution in [0.5, 0.6) is 0 Å². The Hall–Kier alpha value is -1.69. The first-order valence-corrected chi connectivity index (χ1v) is 7.14. The molecule has 2 heterocycles. The summed E-state index contributed by atoms with van der Waals surface area (Å²) in [5.74, 6) is 0.884. The fourth-order valence-electron chi connectivity index (χ4n) is 2.04. The lowest BCUT2D eigenvalue weighted by atomic mass is 9.96. The van der Waals surface area contributed by atoms with Gasteiger partial charge in [0.1, 0.15) is 6.26 Å². The Morgan fingerprint density at radius 1 is 1.42 bits per heavy atom. The van der Waals surface area contributed by atoms with E-state index in [1.165, 1.54) is 11.8 Å². The van der Waals surface area contributed by atoms with E-state index in [1.54, 1.807) is 12.5 Å². The predicted octanol–water partition coefficient (Wildman–Crippen LogP) is 2.58. The first kappa shape index (κ1) is 12.3. The summed E-state index contributed by atoms with van der Waals surface area (Å²) in [6.45, 7) is 1.91. The van der Waals surface area contributed by atoms with Crippen LogP contribution >= 0.6 is 11.8 Å². The molecular formula is C13H13N3O2S. The van der Waals surface area contributed by atoms with Gasteiger partial charge in [-0.05, 0) is 19.8 Å². The van der Waals surface area contributed by atoms with E-state index in [4.69, 9.17) is 4.52 Å². The molecule has 0 saturated carbocycles. The van der Waals surface area contributed by atoms with Gasteiger partial charge in [-0.25, -0.2) is 9.97 Å². The lowest BCUT2D eigenvalue weighted by Crippen LogP contribution is -2.13. The summed E-state index contributed by atoms with van der Waals surface area (Å²) in [7, 11) is 0. The van der Waals surface area contributed by atoms with E-state index in [0.29, 0.717) is 17.1 Å². The molecule has 0 amide bonds. The zero-order valence-electron chi connectivity index (χ0n) is 10.5. The summed E-state index contributed by atoms with van der Waals surface area (Å²) in [4.78, 5) is 20.4. The first-order chi connectivity index (χ1) is 9.24. The van der Waals surface area contributed by atoms with Gasteiger partial charge in [0, 0.05) is 23.9 Å². The van der Waals surface area contributed by atoms with Gasteiger partial charge in [0.15, 0.2) is 10.9 Å². The van der Waals surface area contributed by atoms with Crippen LogP contribution in [-0.4, -0.2) is 20.9 Å². The van der Waals surface area contributed by atoms with Crippen molar-refractivity contribution in [1.82, 2.24) is 15.1 Å². The third-order valence-electron chi connectivity index (χ3n) is 3.17. The Labute approximate surface area is 114 Å². The Balaban J connectivity index is 1.76. The van der Waals surface area contributed by atoms with E-state index in [2.05, 4.69) is 15.1 Å². The molecule has 0 aromatic carbocycles. The fourth-order valence-corrected chi connectivity index (χ4v) is 2.90. The molecule has 98 valence electrons. The number of nitrogens with zero attached hydrogens (tertiary/aromatic N) is 3. The van der Waals surface area contributed by atoms with Crippen molar-refractivity contribution in [2.45, 2.75) is 37.1 Å². The zero-order chi connectivity index (χ0) is 13.2. The van der Waals surface area contributed by atoms with Crippen molar-refractivity contribution in [2.24, 2.45) is 0 Å². The van der Waals surface area contributed by atoms with Gasteiger partial charge in [0.25, 0.3) is 0 Å². The molecule has 0 atom stereocenters. The fraction of sp³-hybridized carbons (Fsp3) is 0.385. The molecule has 0 radical (unpaired) electrons. The molecule has 3 rings (SSSR count). The van der Waals surface area contributed by atoms with Crippen LogP contribution in [0.4, 0.5) is 0 Å². The summed E-state index contributed by atoms with van der Waals surface area (Å²) in [5.41, 5.74) is 3.51. The maximum absolute atomic E-state index is 11.7. The van der Waals surface area contributed by atoms with Gasteiger partial charge in [-0.1, -0.05) is 16.9 Å². The largest absolute Gasteiger partial charge is 0.364 e. The van der Waals surface area contributed by atoms with Gasteiger partial charge in [-0.3, -0.25) is 4.79 Å². The number of hydrogen-bond acceptors (Lipinski definition) is 6. The highest BCUT2D eigenvalue weighted by molar-refractivity contribution is 7.98. The van der Waals surface area contributed by atoms with Crippen LogP contribution in [0.1, 0.15) is 40.2 Å². The monoisotopic (exact) mass is 275 g/mol. The summed E-state index contributed by atoms with van der Waals surface area (Å²) < 4.78 is 4.89. The van der Waals surface area contributed by atoms with Crippen molar-refractivity contribution in [3.8, 4) is 0 Å². The third kappa shape index (κ3) is 2.53. The maximum atomic E-state index is 11.7. The molecule has 0 N–H and O–H groups in total. The second-order valence-electron chi connectivity index (χ2n) is 4.50. The van der Waals surface area contributed by atoms with E-state index in [-0.39, 0.29) is 5.78 Å². The summed E-state index contributed by atoms with van der Waals surface area (Å²) in [6.07, 6.45) is 5.67. The Morgan fingerprint density at radius 3 is 3.11 bits per heavy atom. The molecule has 2 aromatic heterocycles. The van der Waals surface area contributed by atoms with Gasteiger partial charge < -0.3 is 4.52 Å². The van der Waals surface area contributed by atoms with Crippen LogP contribution in [0.15, 0.2) is 22.1 Å². The number of carbonyl (C=O) groups is 1. The van der Waals surface area contributed by atoms with Gasteiger partial charge in [-0.15, -0.1) is 0 Å². The number of fused-ring (bicyclic) bond motifs is 1. The average Bonchev–Trinajstić information content (AvgIpc) is 2.82. The van der Waals surface area contributed by atoms with Gasteiger partial charge in [0.2, 0.25) is 0 Å². The lowest BCUT2D eigenvalue weighted by Gasteiger charge is -2.13. The number of ketones is 1. The maximum Gasteiger partial charge on any atom is 0.188 e. The van der Waals surface area contributed by atoms with Gasteiger partial charge in [0.05, 0.1) is 17.0 Å². The van der Waals surface area contributed by atoms with Crippen LogP contribution in [0.25, 0.3) is 0 Å². The number of thioether (sulfide) groups is 1. The highest BCUT2D eigenvalue weighted by Gasteiger charge is 2.19. The summed E-state index contributed by atoms with van der Waals surface area (Å²) in [5, 5.41) is 4.54. The molecule has 19 heavy (non-hydrogen) atoms. The van der Waals surface area contributed by atoms with Crippen LogP contribution < -0.4 is 0 Å². The summed E-state index contributed by atoms with van der Waals surface area (Å²) in [6, 6.07) is 0. The van der Waals surface area contributed by atoms with Crippen molar-refractivity contribution in [3.63, 3.8) is 0 Å². The number of Topliss-reactive ketones (excluding diaryl/α,β-unsaturated/α-hetero) is 1. The first-order valence-electron chi connectivity index (χ1n) is 6.16. The van der Waals surface area contributed by atoms with Crippen molar-refractivity contribution in [3.05, 3.63) is 35.0 Å². The van der Waals surface area contributed by atoms with E-state index in [9.17, 15) is 4.79 Å². The molecular weight excluding hydrogens is 262 g/mol. The van der Waals surface area contributed by atoms with Gasteiger partial charge in [-0.2, -0.15) is 0 Å². The molecule has 1 aliphatic rings. The third-order valence-corrected chi connectivity index (χ3v) is 4.08. The van der Waals surface area contributed by atoms with E-state index in [1.807, 2.05) is 6.92 Å². The highest BCUT2D eigenvalue weighted by Crippen LogP contribution is 2.24. The quantitative estimate of drug-likeness (QED) is 0.633. The second kappa shape index (κ2) is 5.13. The van der Waals surface area contributed by atoms with Crippen molar-refractivity contribution < 1.29 is 9.32 Å². The molecule has 0 saturated heterocycles. The molecule has 0 unspecified atom stereocenters. The average molecular weight is 275 g/mol. The number of rotatable bonds is 3. The molecule has 1 aliphatic carbocycles. The van der Waals surface area contributed by atoms with Crippen molar-refractivity contribution in [1.29, 1.82) is 0 Å². The number of aryl methyl sites for hydroxylation is 2. The standard InChI is InChI=1S/C13H13N3O2S/c1-8-9(6-18-16-8)7-19-13-14-5-10-11(15-13)3-2-4-12(10)17/h5-6H,2-4,7H2,1H3. The Kier molecular flexibility index (Phi) is 3.33. The minimum absolute atomic E-state index is 0.160. The minimum Gasteiger partial charge on any atom is -0.364 e. The number of carbonyl (C=O) groups excluding carboxylic acids is 1. The van der Waals surface area contributed by atoms with E-state index in [0.717, 1.165) is 35.5 Å². The zero-order valence-corrected chi connectivity index (χ0v) is 11.4. The number of aromatic nitrogens is 3. The molecule has 6 heteroatoms. The van der Waals surface area contributed by atoms with E-state index < -0.39 is 0 Å². The van der Waals surface area contributed by atoms with Crippen LogP contribution in [0.2, 0.25) is 0 Å². The highest BCUT2D eigenvalue weighted by atomic mass is 32.2. The molecule has 0 fully saturated rings. The smallest absolute Gasteiger partial charge is 0.188 e. The summed E-state index contributed by atoms with van der Waals surface area (Å²) >= 11 is 1.53. The normalized spacial score (nSPS) is 14.5. The lowest BCUT2D eigenvalue weighted by molar-refractivity contribution is 0.0970. The Bertz CT molecular complexity index is 624. The van der Waals surface area contributed by atoms with Crippen LogP contribution in [0.3, 0.4) is 0 Å². The van der Waals surface area contributed by atoms with Gasteiger partial charge >= 0.3 is 0 Å². The van der Waals surface area contributed by atoms with Crippen molar-refractivity contribution >= 4 is 17.5 Å². The second-order valence-corrected chi connectivity index (χ2v) is 5.45. The molecule has 2 aromatic rings. The molecule has 5 nitrogen and oxygen atoms in total. The van der Waals surface area contributed by atoms with Crippen LogP contribution in [-0.2, 0) is 12.2 Å².